The number of nitrogens with one attached hydrogen (secondary N) is 1. The second-order valence-electron chi connectivity index (χ2n) is 6.88. The summed E-state index contributed by atoms with van der Waals surface area (Å²) in [7, 11) is 3.15. The van der Waals surface area contributed by atoms with E-state index in [4.69, 9.17) is 0 Å². The maximum absolute atomic E-state index is 12.4. The van der Waals surface area contributed by atoms with E-state index in [2.05, 4.69) is 10.3 Å². The first kappa shape index (κ1) is 19.7. The first-order valence-corrected chi connectivity index (χ1v) is 8.91. The second-order valence-corrected chi connectivity index (χ2v) is 6.88. The van der Waals surface area contributed by atoms with Crippen molar-refractivity contribution in [1.29, 1.82) is 0 Å². The van der Waals surface area contributed by atoms with Gasteiger partial charge in [-0.3, -0.25) is 13.9 Å². The Hall–Kier alpha value is -1.60. The van der Waals surface area contributed by atoms with Gasteiger partial charge in [-0.05, 0) is 38.3 Å². The zero-order valence-corrected chi connectivity index (χ0v) is 15.8. The quantitative estimate of drug-likeness (QED) is 0.781. The largest absolute Gasteiger partial charge is 0.332 e. The first-order valence-electron chi connectivity index (χ1n) is 8.91. The molecule has 1 aliphatic rings. The SMILES string of the molecule is Cl.Cn1c(=O)c2c(ncn2CCCNCC2CCCCC2)n(C)c1=O. The summed E-state index contributed by atoms with van der Waals surface area (Å²) in [6.45, 7) is 2.75. The Morgan fingerprint density at radius 2 is 1.88 bits per heavy atom. The Bertz CT molecular complexity index is 817. The number of nitrogens with zero attached hydrogens (tertiary/aromatic N) is 4. The number of aryl methyl sites for hydroxylation is 2. The molecule has 0 amide bonds. The van der Waals surface area contributed by atoms with Gasteiger partial charge in [-0.1, -0.05) is 19.3 Å². The lowest BCUT2D eigenvalue weighted by atomic mass is 9.89. The molecule has 1 aliphatic carbocycles. The van der Waals surface area contributed by atoms with Gasteiger partial charge in [0.2, 0.25) is 0 Å². The molecule has 140 valence electrons. The number of rotatable bonds is 6. The molecule has 0 bridgehead atoms. The van der Waals surface area contributed by atoms with E-state index in [1.54, 1.807) is 13.4 Å². The molecular weight excluding hydrogens is 342 g/mol. The fourth-order valence-electron chi connectivity index (χ4n) is 3.64. The molecule has 2 aromatic rings. The normalized spacial score (nSPS) is 15.4. The molecule has 1 fully saturated rings. The summed E-state index contributed by atoms with van der Waals surface area (Å²) < 4.78 is 4.43. The van der Waals surface area contributed by atoms with Crippen molar-refractivity contribution in [2.24, 2.45) is 20.0 Å². The van der Waals surface area contributed by atoms with E-state index < -0.39 is 0 Å². The second kappa shape index (κ2) is 8.67. The molecule has 2 aromatic heterocycles. The van der Waals surface area contributed by atoms with Crippen molar-refractivity contribution < 1.29 is 0 Å². The lowest BCUT2D eigenvalue weighted by Crippen LogP contribution is -2.37. The fourth-order valence-corrected chi connectivity index (χ4v) is 3.64. The predicted molar refractivity (Wildman–Crippen MR) is 102 cm³/mol. The van der Waals surface area contributed by atoms with Crippen LogP contribution in [0.3, 0.4) is 0 Å². The minimum atomic E-state index is -0.341. The third-order valence-electron chi connectivity index (χ3n) is 5.13. The van der Waals surface area contributed by atoms with Crippen LogP contribution in [0.1, 0.15) is 38.5 Å². The summed E-state index contributed by atoms with van der Waals surface area (Å²) in [6.07, 6.45) is 9.43. The number of hydrogen-bond donors (Lipinski definition) is 1. The van der Waals surface area contributed by atoms with Gasteiger partial charge >= 0.3 is 5.69 Å². The van der Waals surface area contributed by atoms with Crippen LogP contribution in [0.15, 0.2) is 15.9 Å². The highest BCUT2D eigenvalue weighted by Crippen LogP contribution is 2.22. The number of hydrogen-bond acceptors (Lipinski definition) is 4. The monoisotopic (exact) mass is 369 g/mol. The minimum absolute atomic E-state index is 0. The Labute approximate surface area is 153 Å². The first-order chi connectivity index (χ1) is 11.6. The highest BCUT2D eigenvalue weighted by Gasteiger charge is 2.14. The average molecular weight is 370 g/mol. The molecule has 0 radical (unpaired) electrons. The zero-order valence-electron chi connectivity index (χ0n) is 15.0. The van der Waals surface area contributed by atoms with Crippen LogP contribution >= 0.6 is 12.4 Å². The van der Waals surface area contributed by atoms with E-state index in [0.717, 1.165) is 36.5 Å². The Kier molecular flexibility index (Phi) is 6.84. The van der Waals surface area contributed by atoms with Gasteiger partial charge in [-0.15, -0.1) is 12.4 Å². The summed E-state index contributed by atoms with van der Waals surface area (Å²) in [5, 5.41) is 3.54. The molecule has 0 aliphatic heterocycles. The van der Waals surface area contributed by atoms with Gasteiger partial charge in [-0.25, -0.2) is 9.78 Å². The number of aromatic nitrogens is 4. The fraction of sp³-hybridized carbons (Fsp3) is 0.706. The van der Waals surface area contributed by atoms with Gasteiger partial charge in [0.25, 0.3) is 5.56 Å². The number of halogens is 1. The Morgan fingerprint density at radius 1 is 1.16 bits per heavy atom. The molecule has 8 heteroatoms. The third kappa shape index (κ3) is 4.15. The molecule has 0 atom stereocenters. The van der Waals surface area contributed by atoms with E-state index in [9.17, 15) is 9.59 Å². The van der Waals surface area contributed by atoms with Crippen LogP contribution in [0, 0.1) is 5.92 Å². The minimum Gasteiger partial charge on any atom is -0.325 e. The van der Waals surface area contributed by atoms with Crippen LogP contribution in [-0.4, -0.2) is 31.8 Å². The lowest BCUT2D eigenvalue weighted by Gasteiger charge is -2.21. The van der Waals surface area contributed by atoms with Crippen LogP contribution in [0.4, 0.5) is 0 Å². The van der Waals surface area contributed by atoms with Crippen LogP contribution in [0.2, 0.25) is 0 Å². The highest BCUT2D eigenvalue weighted by atomic mass is 35.5. The van der Waals surface area contributed by atoms with Gasteiger partial charge < -0.3 is 9.88 Å². The summed E-state index contributed by atoms with van der Waals surface area (Å²) >= 11 is 0. The van der Waals surface area contributed by atoms with Crippen LogP contribution in [0.5, 0.6) is 0 Å². The van der Waals surface area contributed by atoms with Gasteiger partial charge in [0.1, 0.15) is 0 Å². The van der Waals surface area contributed by atoms with Crippen molar-refractivity contribution >= 4 is 23.6 Å². The van der Waals surface area contributed by atoms with E-state index in [1.807, 2.05) is 4.57 Å². The standard InChI is InChI=1S/C17H27N5O2.ClH/c1-20-15-14(16(23)21(2)17(20)24)22(12-19-15)10-6-9-18-11-13-7-4-3-5-8-13;/h12-13,18H,3-11H2,1-2H3;1H. The number of imidazole rings is 1. The van der Waals surface area contributed by atoms with Crippen LogP contribution < -0.4 is 16.6 Å². The Balaban J connectivity index is 0.00000225. The van der Waals surface area contributed by atoms with E-state index in [0.29, 0.717) is 11.2 Å². The molecule has 0 spiro atoms. The predicted octanol–water partition coefficient (Wildman–Crippen LogP) is 1.42. The van der Waals surface area contributed by atoms with Crippen LogP contribution in [-0.2, 0) is 20.6 Å². The van der Waals surface area contributed by atoms with Crippen molar-refractivity contribution in [2.45, 2.75) is 45.1 Å². The van der Waals surface area contributed by atoms with Gasteiger partial charge in [0.05, 0.1) is 6.33 Å². The maximum atomic E-state index is 12.4. The summed E-state index contributed by atoms with van der Waals surface area (Å²) in [6, 6.07) is 0. The summed E-state index contributed by atoms with van der Waals surface area (Å²) in [5.41, 5.74) is 0.345. The topological polar surface area (TPSA) is 73.8 Å². The Morgan fingerprint density at radius 3 is 2.60 bits per heavy atom. The smallest absolute Gasteiger partial charge is 0.325 e. The lowest BCUT2D eigenvalue weighted by molar-refractivity contribution is 0.341. The van der Waals surface area contributed by atoms with Crippen molar-refractivity contribution in [3.8, 4) is 0 Å². The van der Waals surface area contributed by atoms with E-state index in [-0.39, 0.29) is 23.7 Å². The molecule has 25 heavy (non-hydrogen) atoms. The van der Waals surface area contributed by atoms with Crippen molar-refractivity contribution in [1.82, 2.24) is 24.0 Å². The molecule has 1 saturated carbocycles. The molecule has 2 heterocycles. The molecule has 1 N–H and O–H groups in total. The molecule has 3 rings (SSSR count). The summed E-state index contributed by atoms with van der Waals surface area (Å²) in [5.74, 6) is 0.828. The third-order valence-corrected chi connectivity index (χ3v) is 5.13. The molecular formula is C17H28ClN5O2. The van der Waals surface area contributed by atoms with Gasteiger partial charge in [-0.2, -0.15) is 0 Å². The maximum Gasteiger partial charge on any atom is 0.332 e. The summed E-state index contributed by atoms with van der Waals surface area (Å²) in [4.78, 5) is 28.5. The van der Waals surface area contributed by atoms with Gasteiger partial charge in [0.15, 0.2) is 11.2 Å². The van der Waals surface area contributed by atoms with Crippen molar-refractivity contribution in [3.63, 3.8) is 0 Å². The molecule has 0 saturated heterocycles. The molecule has 0 unspecified atom stereocenters. The highest BCUT2D eigenvalue weighted by molar-refractivity contribution is 5.85. The van der Waals surface area contributed by atoms with Gasteiger partial charge in [0, 0.05) is 20.6 Å². The van der Waals surface area contributed by atoms with Crippen molar-refractivity contribution in [3.05, 3.63) is 27.2 Å². The average Bonchev–Trinajstić information content (AvgIpc) is 3.03. The molecule has 0 aromatic carbocycles. The number of fused-ring (bicyclic) bond motifs is 1. The van der Waals surface area contributed by atoms with E-state index >= 15 is 0 Å². The van der Waals surface area contributed by atoms with Crippen LogP contribution in [0.25, 0.3) is 11.2 Å². The molecule has 7 nitrogen and oxygen atoms in total. The zero-order chi connectivity index (χ0) is 17.1. The van der Waals surface area contributed by atoms with Crippen molar-refractivity contribution in [2.75, 3.05) is 13.1 Å². The van der Waals surface area contributed by atoms with E-state index in [1.165, 1.54) is 43.7 Å².